The van der Waals surface area contributed by atoms with Gasteiger partial charge in [0.15, 0.2) is 4.80 Å². The molecule has 0 unspecified atom stereocenters. The molecule has 0 saturated carbocycles. The zero-order valence-electron chi connectivity index (χ0n) is 12.8. The Morgan fingerprint density at radius 1 is 1.22 bits per heavy atom. The summed E-state index contributed by atoms with van der Waals surface area (Å²) in [5.41, 5.74) is 2.22. The largest absolute Gasteiger partial charge is 0.317 e. The smallest absolute Gasteiger partial charge is 0.248 e. The van der Waals surface area contributed by atoms with E-state index in [0.29, 0.717) is 17.9 Å². The highest BCUT2D eigenvalue weighted by Gasteiger charge is 2.07. The van der Waals surface area contributed by atoms with Crippen LogP contribution in [0.3, 0.4) is 0 Å². The predicted octanol–water partition coefficient (Wildman–Crippen LogP) is 4.44. The Bertz CT molecular complexity index is 896. The topological polar surface area (TPSA) is 34.4 Å². The molecule has 0 radical (unpaired) electrons. The molecular formula is C18H17ClN2OS. The predicted molar refractivity (Wildman–Crippen MR) is 95.8 cm³/mol. The first-order valence-corrected chi connectivity index (χ1v) is 8.77. The monoisotopic (exact) mass is 344 g/mol. The quantitative estimate of drug-likeness (QED) is 0.689. The van der Waals surface area contributed by atoms with Gasteiger partial charge in [-0.25, -0.2) is 0 Å². The molecule has 0 aliphatic rings. The zero-order valence-corrected chi connectivity index (χ0v) is 14.4. The van der Waals surface area contributed by atoms with Crippen LogP contribution in [0.5, 0.6) is 0 Å². The molecular weight excluding hydrogens is 328 g/mol. The molecule has 1 heterocycles. The Hall–Kier alpha value is -1.91. The first kappa shape index (κ1) is 16.0. The molecule has 1 amide bonds. The minimum absolute atomic E-state index is 0.0892. The summed E-state index contributed by atoms with van der Waals surface area (Å²) in [6.07, 6.45) is 1.13. The zero-order chi connectivity index (χ0) is 16.2. The molecule has 0 bridgehead atoms. The Morgan fingerprint density at radius 3 is 2.74 bits per heavy atom. The third-order valence-corrected chi connectivity index (χ3v) is 4.93. The Balaban J connectivity index is 1.86. The molecule has 1 aromatic heterocycles. The lowest BCUT2D eigenvalue weighted by atomic mass is 10.1. The molecule has 0 N–H and O–H groups in total. The Labute approximate surface area is 143 Å². The van der Waals surface area contributed by atoms with Crippen LogP contribution in [0.25, 0.3) is 10.2 Å². The van der Waals surface area contributed by atoms with Crippen molar-refractivity contribution in [3.8, 4) is 0 Å². The van der Waals surface area contributed by atoms with Gasteiger partial charge in [-0.15, -0.1) is 0 Å². The number of rotatable bonds is 4. The van der Waals surface area contributed by atoms with E-state index in [1.165, 1.54) is 11.3 Å². The fourth-order valence-corrected chi connectivity index (χ4v) is 3.88. The van der Waals surface area contributed by atoms with Crippen molar-refractivity contribution in [3.05, 3.63) is 63.9 Å². The number of halogens is 1. The second kappa shape index (κ2) is 7.11. The van der Waals surface area contributed by atoms with Crippen molar-refractivity contribution in [1.82, 2.24) is 4.57 Å². The molecule has 3 aromatic rings. The van der Waals surface area contributed by atoms with Crippen LogP contribution in [-0.2, 0) is 17.8 Å². The number of benzene rings is 2. The highest BCUT2D eigenvalue weighted by molar-refractivity contribution is 7.16. The maximum atomic E-state index is 12.2. The average molecular weight is 345 g/mol. The number of amides is 1. The van der Waals surface area contributed by atoms with E-state index in [9.17, 15) is 4.79 Å². The first-order chi connectivity index (χ1) is 11.2. The van der Waals surface area contributed by atoms with Gasteiger partial charge < -0.3 is 4.57 Å². The minimum atomic E-state index is -0.0892. The van der Waals surface area contributed by atoms with E-state index in [1.807, 2.05) is 55.5 Å². The third-order valence-electron chi connectivity index (χ3n) is 3.65. The molecule has 23 heavy (non-hydrogen) atoms. The molecule has 0 atom stereocenters. The summed E-state index contributed by atoms with van der Waals surface area (Å²) in [5, 5.41) is 0.698. The molecule has 0 fully saturated rings. The SMILES string of the molecule is CCn1c(=NC(=O)CCc2ccccc2)sc2cc(Cl)ccc21. The lowest BCUT2D eigenvalue weighted by Gasteiger charge is -2.00. The molecule has 5 heteroatoms. The number of fused-ring (bicyclic) bond motifs is 1. The maximum absolute atomic E-state index is 12.2. The number of thiazole rings is 1. The molecule has 118 valence electrons. The van der Waals surface area contributed by atoms with Gasteiger partial charge >= 0.3 is 0 Å². The van der Waals surface area contributed by atoms with Gasteiger partial charge in [0.25, 0.3) is 0 Å². The van der Waals surface area contributed by atoms with Crippen LogP contribution in [0.15, 0.2) is 53.5 Å². The molecule has 0 aliphatic carbocycles. The van der Waals surface area contributed by atoms with Gasteiger partial charge in [-0.2, -0.15) is 4.99 Å². The average Bonchev–Trinajstić information content (AvgIpc) is 2.89. The number of nitrogens with zero attached hydrogens (tertiary/aromatic N) is 2. The van der Waals surface area contributed by atoms with Crippen LogP contribution < -0.4 is 4.80 Å². The van der Waals surface area contributed by atoms with Crippen molar-refractivity contribution in [2.45, 2.75) is 26.3 Å². The number of hydrogen-bond donors (Lipinski definition) is 0. The summed E-state index contributed by atoms with van der Waals surface area (Å²) in [6, 6.07) is 15.8. The van der Waals surface area contributed by atoms with Crippen molar-refractivity contribution in [2.24, 2.45) is 4.99 Å². The summed E-state index contributed by atoms with van der Waals surface area (Å²) in [4.78, 5) is 17.2. The highest BCUT2D eigenvalue weighted by Crippen LogP contribution is 2.21. The highest BCUT2D eigenvalue weighted by atomic mass is 35.5. The minimum Gasteiger partial charge on any atom is -0.317 e. The van der Waals surface area contributed by atoms with Gasteiger partial charge in [0.2, 0.25) is 5.91 Å². The summed E-state index contributed by atoms with van der Waals surface area (Å²) in [5.74, 6) is -0.0892. The lowest BCUT2D eigenvalue weighted by Crippen LogP contribution is -2.16. The second-order valence-electron chi connectivity index (χ2n) is 5.23. The van der Waals surface area contributed by atoms with Gasteiger partial charge in [-0.05, 0) is 37.1 Å². The van der Waals surface area contributed by atoms with Gasteiger partial charge in [0.05, 0.1) is 10.2 Å². The number of aromatic nitrogens is 1. The van der Waals surface area contributed by atoms with E-state index < -0.39 is 0 Å². The molecule has 0 aliphatic heterocycles. The van der Waals surface area contributed by atoms with Crippen LogP contribution >= 0.6 is 22.9 Å². The standard InChI is InChI=1S/C18H17ClN2OS/c1-2-21-15-10-9-14(19)12-16(15)23-18(21)20-17(22)11-8-13-6-4-3-5-7-13/h3-7,9-10,12H,2,8,11H2,1H3. The number of aryl methyl sites for hydroxylation is 2. The lowest BCUT2D eigenvalue weighted by molar-refractivity contribution is -0.118. The third kappa shape index (κ3) is 3.71. The van der Waals surface area contributed by atoms with Gasteiger partial charge in [0.1, 0.15) is 0 Å². The van der Waals surface area contributed by atoms with Gasteiger partial charge in [-0.3, -0.25) is 4.79 Å². The molecule has 2 aromatic carbocycles. The first-order valence-electron chi connectivity index (χ1n) is 7.57. The number of hydrogen-bond acceptors (Lipinski definition) is 2. The van der Waals surface area contributed by atoms with Crippen LogP contribution in [0.1, 0.15) is 18.9 Å². The summed E-state index contributed by atoms with van der Waals surface area (Å²) in [7, 11) is 0. The van der Waals surface area contributed by atoms with E-state index in [-0.39, 0.29) is 5.91 Å². The second-order valence-corrected chi connectivity index (χ2v) is 6.68. The van der Waals surface area contributed by atoms with Crippen LogP contribution in [0, 0.1) is 0 Å². The summed E-state index contributed by atoms with van der Waals surface area (Å²) in [6.45, 7) is 2.82. The van der Waals surface area contributed by atoms with Crippen LogP contribution in [-0.4, -0.2) is 10.5 Å². The normalized spacial score (nSPS) is 12.0. The number of carbonyl (C=O) groups excluding carboxylic acids is 1. The van der Waals surface area contributed by atoms with E-state index in [4.69, 9.17) is 11.6 Å². The van der Waals surface area contributed by atoms with Crippen molar-refractivity contribution < 1.29 is 4.79 Å². The summed E-state index contributed by atoms with van der Waals surface area (Å²) >= 11 is 7.55. The fraction of sp³-hybridized carbons (Fsp3) is 0.222. The molecule has 0 spiro atoms. The van der Waals surface area contributed by atoms with Crippen molar-refractivity contribution in [1.29, 1.82) is 0 Å². The van der Waals surface area contributed by atoms with E-state index in [1.54, 1.807) is 0 Å². The summed E-state index contributed by atoms with van der Waals surface area (Å²) < 4.78 is 3.10. The van der Waals surface area contributed by atoms with Gasteiger partial charge in [0, 0.05) is 18.0 Å². The molecule has 0 saturated heterocycles. The van der Waals surface area contributed by atoms with Crippen molar-refractivity contribution in [2.75, 3.05) is 0 Å². The number of carbonyl (C=O) groups is 1. The van der Waals surface area contributed by atoms with Crippen LogP contribution in [0.4, 0.5) is 0 Å². The van der Waals surface area contributed by atoms with Gasteiger partial charge in [-0.1, -0.05) is 53.3 Å². The maximum Gasteiger partial charge on any atom is 0.248 e. The van der Waals surface area contributed by atoms with E-state index in [2.05, 4.69) is 9.56 Å². The molecule has 3 rings (SSSR count). The van der Waals surface area contributed by atoms with E-state index in [0.717, 1.165) is 27.1 Å². The van der Waals surface area contributed by atoms with Crippen molar-refractivity contribution >= 4 is 39.1 Å². The van der Waals surface area contributed by atoms with Crippen molar-refractivity contribution in [3.63, 3.8) is 0 Å². The fourth-order valence-electron chi connectivity index (χ4n) is 2.50. The molecule has 3 nitrogen and oxygen atoms in total. The Kier molecular flexibility index (Phi) is 4.94. The van der Waals surface area contributed by atoms with Crippen LogP contribution in [0.2, 0.25) is 5.02 Å². The van der Waals surface area contributed by atoms with E-state index >= 15 is 0 Å². The Morgan fingerprint density at radius 2 is 2.00 bits per heavy atom.